The van der Waals surface area contributed by atoms with Crippen LogP contribution in [0.4, 0.5) is 0 Å². The fraction of sp³-hybridized carbons (Fsp3) is 1.00. The molecule has 0 aromatic heterocycles. The molecule has 5 heteroatoms. The fourth-order valence-electron chi connectivity index (χ4n) is 2.41. The summed E-state index contributed by atoms with van der Waals surface area (Å²) in [5.41, 5.74) is 0. The van der Waals surface area contributed by atoms with Crippen LogP contribution < -0.4 is 0 Å². The van der Waals surface area contributed by atoms with Crippen molar-refractivity contribution in [3.63, 3.8) is 0 Å². The highest BCUT2D eigenvalue weighted by Gasteiger charge is 2.11. The lowest BCUT2D eigenvalue weighted by Crippen LogP contribution is -2.38. The Kier molecular flexibility index (Phi) is 10.2. The topological polar surface area (TPSA) is 34.2 Å². The summed E-state index contributed by atoms with van der Waals surface area (Å²) in [6, 6.07) is 1.05. The number of ether oxygens (including phenoxy) is 3. The van der Waals surface area contributed by atoms with Gasteiger partial charge in [-0.25, -0.2) is 0 Å². The molecule has 0 N–H and O–H groups in total. The number of hydrogen-bond acceptors (Lipinski definition) is 5. The van der Waals surface area contributed by atoms with Crippen molar-refractivity contribution >= 4 is 0 Å². The molecule has 1 aliphatic heterocycles. The highest BCUT2D eigenvalue weighted by Crippen LogP contribution is 2.01. The molecule has 126 valence electrons. The molecule has 21 heavy (non-hydrogen) atoms. The largest absolute Gasteiger partial charge is 0.379 e. The molecule has 0 aromatic carbocycles. The standard InChI is InChI=1S/C16H34N2O3/c1-15(2)17-5-9-19-10-6-18(16(3)4)8-12-21-14-13-20-11-7-17/h15-16H,5-14H2,1-4H3. The van der Waals surface area contributed by atoms with E-state index in [1.54, 1.807) is 0 Å². The summed E-state index contributed by atoms with van der Waals surface area (Å²) in [7, 11) is 0. The van der Waals surface area contributed by atoms with E-state index in [1.807, 2.05) is 0 Å². The lowest BCUT2D eigenvalue weighted by atomic mass is 10.3. The molecular weight excluding hydrogens is 268 g/mol. The highest BCUT2D eigenvalue weighted by atomic mass is 16.5. The van der Waals surface area contributed by atoms with Gasteiger partial charge in [0.25, 0.3) is 0 Å². The molecule has 1 saturated heterocycles. The zero-order valence-corrected chi connectivity index (χ0v) is 14.3. The molecule has 0 bridgehead atoms. The molecule has 1 aliphatic rings. The SMILES string of the molecule is CC(C)N1CCOCCOCCN(C(C)C)CCOCC1. The van der Waals surface area contributed by atoms with Crippen LogP contribution in [0.25, 0.3) is 0 Å². The minimum absolute atomic E-state index is 0.524. The fourth-order valence-corrected chi connectivity index (χ4v) is 2.41. The summed E-state index contributed by atoms with van der Waals surface area (Å²) in [6.07, 6.45) is 0. The third kappa shape index (κ3) is 8.73. The average Bonchev–Trinajstić information content (AvgIpc) is 2.44. The van der Waals surface area contributed by atoms with E-state index in [1.165, 1.54) is 0 Å². The smallest absolute Gasteiger partial charge is 0.0701 e. The van der Waals surface area contributed by atoms with E-state index >= 15 is 0 Å². The van der Waals surface area contributed by atoms with E-state index in [-0.39, 0.29) is 0 Å². The lowest BCUT2D eigenvalue weighted by Gasteiger charge is -2.27. The summed E-state index contributed by atoms with van der Waals surface area (Å²) in [5.74, 6) is 0. The second kappa shape index (κ2) is 11.4. The van der Waals surface area contributed by atoms with Gasteiger partial charge in [-0.1, -0.05) is 0 Å². The van der Waals surface area contributed by atoms with Crippen LogP contribution in [0.3, 0.4) is 0 Å². The molecule has 0 saturated carbocycles. The van der Waals surface area contributed by atoms with Crippen LogP contribution >= 0.6 is 0 Å². The molecule has 0 unspecified atom stereocenters. The first-order valence-corrected chi connectivity index (χ1v) is 8.32. The van der Waals surface area contributed by atoms with Crippen LogP contribution in [0, 0.1) is 0 Å². The predicted octanol–water partition coefficient (Wildman–Crippen LogP) is 1.47. The molecule has 0 aromatic rings. The molecule has 0 radical (unpaired) electrons. The van der Waals surface area contributed by atoms with Crippen LogP contribution in [0.15, 0.2) is 0 Å². The minimum atomic E-state index is 0.524. The third-order valence-electron chi connectivity index (χ3n) is 3.92. The quantitative estimate of drug-likeness (QED) is 0.772. The van der Waals surface area contributed by atoms with Gasteiger partial charge in [-0.15, -0.1) is 0 Å². The van der Waals surface area contributed by atoms with Gasteiger partial charge in [0, 0.05) is 38.3 Å². The summed E-state index contributed by atoms with van der Waals surface area (Å²) < 4.78 is 17.1. The van der Waals surface area contributed by atoms with Crippen molar-refractivity contribution in [2.75, 3.05) is 65.8 Å². The number of hydrogen-bond donors (Lipinski definition) is 0. The zero-order chi connectivity index (χ0) is 15.5. The Balaban J connectivity index is 2.40. The first kappa shape index (κ1) is 18.8. The van der Waals surface area contributed by atoms with E-state index in [0.717, 1.165) is 52.6 Å². The van der Waals surface area contributed by atoms with Gasteiger partial charge in [0.2, 0.25) is 0 Å². The van der Waals surface area contributed by atoms with E-state index in [0.29, 0.717) is 25.3 Å². The molecule has 0 aliphatic carbocycles. The Bertz CT molecular complexity index is 226. The van der Waals surface area contributed by atoms with Gasteiger partial charge >= 0.3 is 0 Å². The molecule has 0 amide bonds. The van der Waals surface area contributed by atoms with Gasteiger partial charge in [-0.05, 0) is 27.7 Å². The monoisotopic (exact) mass is 302 g/mol. The zero-order valence-electron chi connectivity index (χ0n) is 14.3. The number of nitrogens with zero attached hydrogens (tertiary/aromatic N) is 2. The third-order valence-corrected chi connectivity index (χ3v) is 3.92. The Hall–Kier alpha value is -0.200. The first-order valence-electron chi connectivity index (χ1n) is 8.32. The van der Waals surface area contributed by atoms with E-state index in [2.05, 4.69) is 37.5 Å². The summed E-state index contributed by atoms with van der Waals surface area (Å²) in [6.45, 7) is 17.2. The first-order chi connectivity index (χ1) is 10.1. The molecular formula is C16H34N2O3. The van der Waals surface area contributed by atoms with Crippen molar-refractivity contribution in [2.24, 2.45) is 0 Å². The minimum Gasteiger partial charge on any atom is -0.379 e. The lowest BCUT2D eigenvalue weighted by molar-refractivity contribution is 0.0274. The number of rotatable bonds is 2. The Morgan fingerprint density at radius 2 is 0.810 bits per heavy atom. The van der Waals surface area contributed by atoms with Crippen molar-refractivity contribution in [1.29, 1.82) is 0 Å². The van der Waals surface area contributed by atoms with Gasteiger partial charge in [0.15, 0.2) is 0 Å². The van der Waals surface area contributed by atoms with Crippen molar-refractivity contribution < 1.29 is 14.2 Å². The maximum absolute atomic E-state index is 5.81. The summed E-state index contributed by atoms with van der Waals surface area (Å²) in [4.78, 5) is 4.81. The van der Waals surface area contributed by atoms with Gasteiger partial charge < -0.3 is 14.2 Å². The van der Waals surface area contributed by atoms with E-state index in [9.17, 15) is 0 Å². The Morgan fingerprint density at radius 1 is 0.524 bits per heavy atom. The van der Waals surface area contributed by atoms with E-state index < -0.39 is 0 Å². The average molecular weight is 302 g/mol. The molecule has 1 fully saturated rings. The van der Waals surface area contributed by atoms with Crippen LogP contribution in [0.2, 0.25) is 0 Å². The molecule has 5 nitrogen and oxygen atoms in total. The van der Waals surface area contributed by atoms with Crippen LogP contribution in [-0.2, 0) is 14.2 Å². The normalized spacial score (nSPS) is 23.1. The molecule has 1 rings (SSSR count). The second-order valence-electron chi connectivity index (χ2n) is 6.10. The van der Waals surface area contributed by atoms with Crippen molar-refractivity contribution in [3.8, 4) is 0 Å². The Morgan fingerprint density at radius 3 is 1.10 bits per heavy atom. The van der Waals surface area contributed by atoms with Gasteiger partial charge in [-0.3, -0.25) is 9.80 Å². The molecule has 0 atom stereocenters. The molecule has 0 spiro atoms. The van der Waals surface area contributed by atoms with Crippen molar-refractivity contribution in [2.45, 2.75) is 39.8 Å². The highest BCUT2D eigenvalue weighted by molar-refractivity contribution is 4.64. The Labute approximate surface area is 130 Å². The van der Waals surface area contributed by atoms with E-state index in [4.69, 9.17) is 14.2 Å². The van der Waals surface area contributed by atoms with Crippen molar-refractivity contribution in [1.82, 2.24) is 9.80 Å². The maximum atomic E-state index is 5.81. The molecule has 1 heterocycles. The van der Waals surface area contributed by atoms with Gasteiger partial charge in [0.1, 0.15) is 0 Å². The summed E-state index contributed by atoms with van der Waals surface area (Å²) >= 11 is 0. The van der Waals surface area contributed by atoms with Crippen molar-refractivity contribution in [3.05, 3.63) is 0 Å². The van der Waals surface area contributed by atoms with Crippen LogP contribution in [-0.4, -0.2) is 87.7 Å². The maximum Gasteiger partial charge on any atom is 0.0701 e. The van der Waals surface area contributed by atoms with Gasteiger partial charge in [-0.2, -0.15) is 0 Å². The predicted molar refractivity (Wildman–Crippen MR) is 85.9 cm³/mol. The second-order valence-corrected chi connectivity index (χ2v) is 6.10. The summed E-state index contributed by atoms with van der Waals surface area (Å²) in [5, 5.41) is 0. The van der Waals surface area contributed by atoms with Gasteiger partial charge in [0.05, 0.1) is 39.6 Å². The van der Waals surface area contributed by atoms with Crippen LogP contribution in [0.5, 0.6) is 0 Å². The van der Waals surface area contributed by atoms with Crippen LogP contribution in [0.1, 0.15) is 27.7 Å².